The molecule has 2 rings (SSSR count). The number of ketones is 1. The first-order valence-corrected chi connectivity index (χ1v) is 11.5. The van der Waals surface area contributed by atoms with Gasteiger partial charge in [0, 0.05) is 24.0 Å². The zero-order chi connectivity index (χ0) is 17.6. The smallest absolute Gasteiger partial charge is 0.192 e. The van der Waals surface area contributed by atoms with Gasteiger partial charge in [-0.1, -0.05) is 40.0 Å². The maximum atomic E-state index is 12.4. The average Bonchev–Trinajstić information content (AvgIpc) is 2.81. The predicted octanol–water partition coefficient (Wildman–Crippen LogP) is 5.29. The van der Waals surface area contributed by atoms with Crippen molar-refractivity contribution in [2.24, 2.45) is 17.3 Å². The first kappa shape index (κ1) is 18.4. The van der Waals surface area contributed by atoms with Crippen molar-refractivity contribution in [3.8, 4) is 0 Å². The quantitative estimate of drug-likeness (QED) is 0.397. The van der Waals surface area contributed by atoms with Gasteiger partial charge < -0.3 is 4.43 Å². The molecule has 0 aromatic heterocycles. The van der Waals surface area contributed by atoms with Gasteiger partial charge in [0.05, 0.1) is 0 Å². The molecule has 0 aromatic rings. The highest BCUT2D eigenvalue weighted by Crippen LogP contribution is 2.57. The number of rotatable bonds is 4. The maximum Gasteiger partial charge on any atom is 0.192 e. The molecule has 128 valence electrons. The van der Waals surface area contributed by atoms with Gasteiger partial charge in [-0.3, -0.25) is 4.79 Å². The van der Waals surface area contributed by atoms with Crippen molar-refractivity contribution < 1.29 is 9.22 Å². The molecule has 0 aromatic carbocycles. The fourth-order valence-electron chi connectivity index (χ4n) is 3.75. The van der Waals surface area contributed by atoms with Crippen LogP contribution in [0, 0.1) is 17.3 Å². The molecule has 0 unspecified atom stereocenters. The first-order valence-electron chi connectivity index (χ1n) is 8.61. The number of carbonyl (C=O) groups excluding carboxylic acids is 1. The van der Waals surface area contributed by atoms with Crippen LogP contribution in [0.15, 0.2) is 37.0 Å². The van der Waals surface area contributed by atoms with Crippen LogP contribution >= 0.6 is 0 Å². The second-order valence-electron chi connectivity index (χ2n) is 9.00. The summed E-state index contributed by atoms with van der Waals surface area (Å²) in [6.07, 6.45) is 4.59. The Morgan fingerprint density at radius 3 is 2.48 bits per heavy atom. The Morgan fingerprint density at radius 2 is 1.96 bits per heavy atom. The largest absolute Gasteiger partial charge is 0.416 e. The van der Waals surface area contributed by atoms with E-state index >= 15 is 0 Å². The molecule has 2 saturated carbocycles. The Kier molecular flexibility index (Phi) is 4.68. The van der Waals surface area contributed by atoms with Gasteiger partial charge in [-0.2, -0.15) is 0 Å². The molecule has 0 bridgehead atoms. The second kappa shape index (κ2) is 5.85. The lowest BCUT2D eigenvalue weighted by Gasteiger charge is -2.44. The molecule has 0 saturated heterocycles. The van der Waals surface area contributed by atoms with Crippen LogP contribution in [0.5, 0.6) is 0 Å². The molecule has 0 aliphatic heterocycles. The minimum absolute atomic E-state index is 0.107. The molecule has 3 heteroatoms. The van der Waals surface area contributed by atoms with Crippen molar-refractivity contribution in [2.75, 3.05) is 6.61 Å². The van der Waals surface area contributed by atoms with Crippen LogP contribution < -0.4 is 0 Å². The molecule has 23 heavy (non-hydrogen) atoms. The second-order valence-corrected chi connectivity index (χ2v) is 13.8. The Bertz CT molecular complexity index is 552. The number of allylic oxidation sites excluding steroid dienone is 3. The topological polar surface area (TPSA) is 26.3 Å². The summed E-state index contributed by atoms with van der Waals surface area (Å²) in [5.74, 6) is 0.897. The summed E-state index contributed by atoms with van der Waals surface area (Å²) in [4.78, 5) is 12.4. The summed E-state index contributed by atoms with van der Waals surface area (Å²) in [5, 5.41) is 0.175. The molecule has 2 fully saturated rings. The minimum Gasteiger partial charge on any atom is -0.416 e. The summed E-state index contributed by atoms with van der Waals surface area (Å²) >= 11 is 0. The molecule has 2 aliphatic rings. The van der Waals surface area contributed by atoms with E-state index in [0.717, 1.165) is 18.4 Å². The van der Waals surface area contributed by atoms with E-state index in [4.69, 9.17) is 4.43 Å². The Labute approximate surface area is 142 Å². The Balaban J connectivity index is 2.28. The third kappa shape index (κ3) is 3.18. The van der Waals surface area contributed by atoms with E-state index in [1.54, 1.807) is 0 Å². The highest BCUT2D eigenvalue weighted by Gasteiger charge is 2.53. The average molecular weight is 333 g/mol. The summed E-state index contributed by atoms with van der Waals surface area (Å²) in [7, 11) is -1.84. The first-order chi connectivity index (χ1) is 10.4. The van der Waals surface area contributed by atoms with Crippen molar-refractivity contribution in [1.29, 1.82) is 0 Å². The van der Waals surface area contributed by atoms with Crippen LogP contribution in [-0.2, 0) is 9.22 Å². The van der Waals surface area contributed by atoms with Crippen molar-refractivity contribution in [3.63, 3.8) is 0 Å². The molecular formula is C20H32O2Si. The normalized spacial score (nSPS) is 32.1. The molecule has 0 N–H and O–H groups in total. The molecular weight excluding hydrogens is 300 g/mol. The van der Waals surface area contributed by atoms with Crippen LogP contribution in [-0.4, -0.2) is 20.7 Å². The van der Waals surface area contributed by atoms with E-state index in [1.807, 2.05) is 6.08 Å². The van der Waals surface area contributed by atoms with Gasteiger partial charge in [0.1, 0.15) is 0 Å². The molecule has 0 spiro atoms. The van der Waals surface area contributed by atoms with Gasteiger partial charge >= 0.3 is 0 Å². The highest BCUT2D eigenvalue weighted by molar-refractivity contribution is 6.74. The van der Waals surface area contributed by atoms with E-state index in [1.165, 1.54) is 0 Å². The van der Waals surface area contributed by atoms with E-state index in [-0.39, 0.29) is 16.2 Å². The third-order valence-electron chi connectivity index (χ3n) is 6.46. The lowest BCUT2D eigenvalue weighted by molar-refractivity contribution is -0.120. The zero-order valence-electron chi connectivity index (χ0n) is 15.5. The van der Waals surface area contributed by atoms with Crippen molar-refractivity contribution in [3.05, 3.63) is 37.0 Å². The number of hydrogen-bond donors (Lipinski definition) is 0. The van der Waals surface area contributed by atoms with E-state index in [0.29, 0.717) is 30.4 Å². The van der Waals surface area contributed by atoms with Crippen molar-refractivity contribution in [1.82, 2.24) is 0 Å². The SMILES string of the molecule is C=C[C@H]1C[C@H]2C(=C)C(=C)C(=O)C[C@@]2(CO[Si](C)(C)C(C)(C)C)C1. The van der Waals surface area contributed by atoms with Crippen molar-refractivity contribution >= 4 is 14.1 Å². The number of hydrogen-bond acceptors (Lipinski definition) is 2. The number of Topliss-reactive ketones (excluding diaryl/α,β-unsaturated/α-hetero) is 1. The highest BCUT2D eigenvalue weighted by atomic mass is 28.4. The lowest BCUT2D eigenvalue weighted by Crippen LogP contribution is -2.47. The van der Waals surface area contributed by atoms with Gasteiger partial charge in [0.15, 0.2) is 14.1 Å². The van der Waals surface area contributed by atoms with Gasteiger partial charge in [-0.05, 0) is 48.4 Å². The third-order valence-corrected chi connectivity index (χ3v) is 10.9. The zero-order valence-corrected chi connectivity index (χ0v) is 16.5. The van der Waals surface area contributed by atoms with Crippen molar-refractivity contribution in [2.45, 2.75) is 58.2 Å². The summed E-state index contributed by atoms with van der Waals surface area (Å²) in [5.41, 5.74) is 1.45. The summed E-state index contributed by atoms with van der Waals surface area (Å²) < 4.78 is 6.54. The van der Waals surface area contributed by atoms with Gasteiger partial charge in [0.25, 0.3) is 0 Å². The molecule has 0 heterocycles. The van der Waals surface area contributed by atoms with Crippen LogP contribution in [0.4, 0.5) is 0 Å². The lowest BCUT2D eigenvalue weighted by atomic mass is 9.65. The number of fused-ring (bicyclic) bond motifs is 1. The van der Waals surface area contributed by atoms with Crippen LogP contribution in [0.3, 0.4) is 0 Å². The molecule has 0 amide bonds. The monoisotopic (exact) mass is 332 g/mol. The molecule has 2 aliphatic carbocycles. The van der Waals surface area contributed by atoms with Gasteiger partial charge in [-0.25, -0.2) is 0 Å². The Morgan fingerprint density at radius 1 is 1.35 bits per heavy atom. The fourth-order valence-corrected chi connectivity index (χ4v) is 4.84. The summed E-state index contributed by atoms with van der Waals surface area (Å²) in [6, 6.07) is 0. The molecule has 0 radical (unpaired) electrons. The van der Waals surface area contributed by atoms with Crippen LogP contribution in [0.25, 0.3) is 0 Å². The van der Waals surface area contributed by atoms with Crippen LogP contribution in [0.2, 0.25) is 18.1 Å². The minimum atomic E-state index is -1.84. The fraction of sp³-hybridized carbons (Fsp3) is 0.650. The van der Waals surface area contributed by atoms with Gasteiger partial charge in [0.2, 0.25) is 0 Å². The maximum absolute atomic E-state index is 12.4. The summed E-state index contributed by atoms with van der Waals surface area (Å²) in [6.45, 7) is 24.1. The molecule has 2 nitrogen and oxygen atoms in total. The van der Waals surface area contributed by atoms with E-state index in [9.17, 15) is 4.79 Å². The number of carbonyl (C=O) groups is 1. The predicted molar refractivity (Wildman–Crippen MR) is 99.9 cm³/mol. The molecule has 3 atom stereocenters. The standard InChI is InChI=1S/C20H32O2Si/c1-9-16-10-17-14(2)15(3)18(21)12-20(17,11-16)13-22-23(7,8)19(4,5)6/h9,16-17H,1-3,10-13H2,4-8H3/t16-,17-,20+/m0/s1. The van der Waals surface area contributed by atoms with Crippen LogP contribution in [0.1, 0.15) is 40.0 Å². The Hall–Kier alpha value is -0.933. The van der Waals surface area contributed by atoms with E-state index < -0.39 is 8.32 Å². The van der Waals surface area contributed by atoms with E-state index in [2.05, 4.69) is 53.6 Å². The van der Waals surface area contributed by atoms with Gasteiger partial charge in [-0.15, -0.1) is 6.58 Å².